The maximum Gasteiger partial charge on any atom is 0.208 e. The van der Waals surface area contributed by atoms with E-state index in [2.05, 4.69) is 0 Å². The second-order valence-electron chi connectivity index (χ2n) is 2.41. The van der Waals surface area contributed by atoms with Crippen molar-refractivity contribution < 1.29 is 19.4 Å². The second kappa shape index (κ2) is 4.19. The van der Waals surface area contributed by atoms with Gasteiger partial charge in [-0.15, -0.1) is 0 Å². The van der Waals surface area contributed by atoms with Crippen molar-refractivity contribution in [2.45, 2.75) is 0 Å². The van der Waals surface area contributed by atoms with Gasteiger partial charge in [0.1, 0.15) is 0 Å². The van der Waals surface area contributed by atoms with E-state index in [0.717, 1.165) is 4.73 Å². The molecule has 78 valence electrons. The molecule has 1 aromatic rings. The van der Waals surface area contributed by atoms with Gasteiger partial charge in [-0.05, 0) is 0 Å². The maximum atomic E-state index is 9.36. The molecular weight excluding hydrogens is 206 g/mol. The lowest BCUT2D eigenvalue weighted by Gasteiger charge is -2.12. The van der Waals surface area contributed by atoms with Crippen molar-refractivity contribution in [1.29, 1.82) is 0 Å². The molecule has 0 amide bonds. The first kappa shape index (κ1) is 10.6. The fourth-order valence-electron chi connectivity index (χ4n) is 1.06. The Balaban J connectivity index is 3.50. The van der Waals surface area contributed by atoms with E-state index in [1.54, 1.807) is 0 Å². The molecule has 5 nitrogen and oxygen atoms in total. The van der Waals surface area contributed by atoms with Crippen LogP contribution in [0.4, 0.5) is 0 Å². The van der Waals surface area contributed by atoms with Crippen molar-refractivity contribution in [2.75, 3.05) is 21.3 Å². The summed E-state index contributed by atoms with van der Waals surface area (Å²) in [6, 6.07) is 0. The predicted octanol–water partition coefficient (Wildman–Crippen LogP) is 1.48. The number of rotatable bonds is 3. The molecule has 0 aliphatic rings. The molecule has 14 heavy (non-hydrogen) atoms. The van der Waals surface area contributed by atoms with Crippen LogP contribution in [0.5, 0.6) is 17.2 Å². The van der Waals surface area contributed by atoms with Crippen molar-refractivity contribution in [3.63, 3.8) is 0 Å². The number of aromatic nitrogens is 1. The average Bonchev–Trinajstić information content (AvgIpc) is 2.20. The minimum absolute atomic E-state index is 0.130. The van der Waals surface area contributed by atoms with Gasteiger partial charge < -0.3 is 19.4 Å². The van der Waals surface area contributed by atoms with Crippen LogP contribution in [-0.4, -0.2) is 31.3 Å². The van der Waals surface area contributed by atoms with Gasteiger partial charge in [-0.25, -0.2) is 0 Å². The molecule has 1 N–H and O–H groups in total. The first-order valence-corrected chi connectivity index (χ1v) is 4.17. The average molecular weight is 217 g/mol. The molecule has 1 aromatic heterocycles. The van der Waals surface area contributed by atoms with Crippen LogP contribution in [0.3, 0.4) is 0 Å². The van der Waals surface area contributed by atoms with Crippen LogP contribution < -0.4 is 14.2 Å². The SMILES string of the molecule is COc1cn(O)c(=S)c(OC)c1OC. The molecular formula is C8H11NO4S. The lowest BCUT2D eigenvalue weighted by molar-refractivity contribution is 0.169. The van der Waals surface area contributed by atoms with Gasteiger partial charge in [-0.3, -0.25) is 0 Å². The van der Waals surface area contributed by atoms with Crippen LogP contribution in [0.25, 0.3) is 0 Å². The third-order valence-corrected chi connectivity index (χ3v) is 2.07. The Kier molecular flexibility index (Phi) is 3.19. The summed E-state index contributed by atoms with van der Waals surface area (Å²) in [7, 11) is 4.37. The van der Waals surface area contributed by atoms with Crippen LogP contribution in [-0.2, 0) is 0 Å². The number of nitrogens with zero attached hydrogens (tertiary/aromatic N) is 1. The molecule has 0 unspecified atom stereocenters. The fraction of sp³-hybridized carbons (Fsp3) is 0.375. The molecule has 0 fully saturated rings. The van der Waals surface area contributed by atoms with Gasteiger partial charge in [-0.1, -0.05) is 12.2 Å². The molecule has 0 aliphatic heterocycles. The summed E-state index contributed by atoms with van der Waals surface area (Å²) in [6.45, 7) is 0. The third-order valence-electron chi connectivity index (χ3n) is 1.70. The maximum absolute atomic E-state index is 9.36. The highest BCUT2D eigenvalue weighted by Crippen LogP contribution is 2.37. The van der Waals surface area contributed by atoms with Gasteiger partial charge in [0.15, 0.2) is 10.4 Å². The molecule has 0 bridgehead atoms. The smallest absolute Gasteiger partial charge is 0.208 e. The lowest BCUT2D eigenvalue weighted by atomic mass is 10.4. The van der Waals surface area contributed by atoms with Crippen LogP contribution in [0.1, 0.15) is 0 Å². The Morgan fingerprint density at radius 3 is 2.14 bits per heavy atom. The van der Waals surface area contributed by atoms with E-state index >= 15 is 0 Å². The largest absolute Gasteiger partial charge is 0.491 e. The van der Waals surface area contributed by atoms with Gasteiger partial charge >= 0.3 is 0 Å². The number of hydrogen-bond acceptors (Lipinski definition) is 5. The minimum atomic E-state index is 0.130. The molecule has 0 saturated heterocycles. The highest BCUT2D eigenvalue weighted by molar-refractivity contribution is 7.71. The van der Waals surface area contributed by atoms with E-state index in [1.807, 2.05) is 0 Å². The zero-order valence-electron chi connectivity index (χ0n) is 8.10. The van der Waals surface area contributed by atoms with Crippen molar-refractivity contribution in [2.24, 2.45) is 0 Å². The summed E-state index contributed by atoms with van der Waals surface area (Å²) in [4.78, 5) is 0. The number of methoxy groups -OCH3 is 3. The van der Waals surface area contributed by atoms with Crippen LogP contribution in [0.2, 0.25) is 0 Å². The lowest BCUT2D eigenvalue weighted by Crippen LogP contribution is -2.02. The first-order chi connectivity index (χ1) is 6.65. The summed E-state index contributed by atoms with van der Waals surface area (Å²) in [6.07, 6.45) is 1.31. The van der Waals surface area contributed by atoms with Crippen molar-refractivity contribution in [3.8, 4) is 17.2 Å². The van der Waals surface area contributed by atoms with Crippen molar-refractivity contribution in [1.82, 2.24) is 4.73 Å². The standard InChI is InChI=1S/C8H11NO4S/c1-11-5-4-9(10)8(14)7(13-3)6(5)12-2/h4,10H,1-3H3. The first-order valence-electron chi connectivity index (χ1n) is 3.76. The molecule has 0 aromatic carbocycles. The molecule has 1 rings (SSSR count). The van der Waals surface area contributed by atoms with Gasteiger partial charge in [0.05, 0.1) is 27.5 Å². The Bertz CT molecular complexity index is 388. The van der Waals surface area contributed by atoms with Gasteiger partial charge in [0, 0.05) is 0 Å². The number of pyridine rings is 1. The predicted molar refractivity (Wildman–Crippen MR) is 52.1 cm³/mol. The summed E-state index contributed by atoms with van der Waals surface area (Å²) in [5.74, 6) is 0.982. The number of hydrogen-bond donors (Lipinski definition) is 1. The van der Waals surface area contributed by atoms with E-state index in [-0.39, 0.29) is 10.4 Å². The molecule has 0 spiro atoms. The van der Waals surface area contributed by atoms with E-state index in [9.17, 15) is 5.21 Å². The van der Waals surface area contributed by atoms with Gasteiger partial charge in [0.2, 0.25) is 11.5 Å². The van der Waals surface area contributed by atoms with E-state index in [4.69, 9.17) is 26.4 Å². The molecule has 0 atom stereocenters. The topological polar surface area (TPSA) is 52.9 Å². The van der Waals surface area contributed by atoms with Crippen LogP contribution >= 0.6 is 12.2 Å². The van der Waals surface area contributed by atoms with Crippen molar-refractivity contribution in [3.05, 3.63) is 10.8 Å². The van der Waals surface area contributed by atoms with E-state index in [0.29, 0.717) is 11.5 Å². The molecule has 6 heteroatoms. The van der Waals surface area contributed by atoms with Crippen LogP contribution in [0.15, 0.2) is 6.20 Å². The fourth-order valence-corrected chi connectivity index (χ4v) is 1.29. The summed E-state index contributed by atoms with van der Waals surface area (Å²) in [5.41, 5.74) is 0. The highest BCUT2D eigenvalue weighted by Gasteiger charge is 2.15. The van der Waals surface area contributed by atoms with Crippen LogP contribution in [0, 0.1) is 4.64 Å². The highest BCUT2D eigenvalue weighted by atomic mass is 32.1. The summed E-state index contributed by atoms with van der Waals surface area (Å²) in [5, 5.41) is 9.36. The molecule has 1 heterocycles. The monoisotopic (exact) mass is 217 g/mol. The molecule has 0 saturated carbocycles. The Labute approximate surface area is 86.4 Å². The second-order valence-corrected chi connectivity index (χ2v) is 2.80. The number of ether oxygens (including phenoxy) is 3. The third kappa shape index (κ3) is 1.60. The molecule has 0 radical (unpaired) electrons. The Morgan fingerprint density at radius 2 is 1.71 bits per heavy atom. The summed E-state index contributed by atoms with van der Waals surface area (Å²) < 4.78 is 15.9. The Hall–Kier alpha value is -1.43. The Morgan fingerprint density at radius 1 is 1.14 bits per heavy atom. The quantitative estimate of drug-likeness (QED) is 0.614. The van der Waals surface area contributed by atoms with Gasteiger partial charge in [0.25, 0.3) is 0 Å². The zero-order valence-corrected chi connectivity index (χ0v) is 8.92. The van der Waals surface area contributed by atoms with Gasteiger partial charge in [-0.2, -0.15) is 4.73 Å². The van der Waals surface area contributed by atoms with E-state index < -0.39 is 0 Å². The van der Waals surface area contributed by atoms with Crippen molar-refractivity contribution >= 4 is 12.2 Å². The minimum Gasteiger partial charge on any atom is -0.491 e. The summed E-state index contributed by atoms with van der Waals surface area (Å²) >= 11 is 4.91. The molecule has 0 aliphatic carbocycles. The zero-order chi connectivity index (χ0) is 10.7. The van der Waals surface area contributed by atoms with E-state index in [1.165, 1.54) is 27.5 Å². The normalized spacial score (nSPS) is 9.64.